The lowest BCUT2D eigenvalue weighted by Crippen LogP contribution is -2.42. The fourth-order valence-electron chi connectivity index (χ4n) is 6.70. The average Bonchev–Trinajstić information content (AvgIpc) is 3.09. The van der Waals surface area contributed by atoms with Gasteiger partial charge in [-0.3, -0.25) is 28.8 Å². The number of carboxylic acid groups (broad SMARTS) is 4. The molecule has 9 atom stereocenters. The monoisotopic (exact) mass is 785 g/mol. The van der Waals surface area contributed by atoms with Crippen molar-refractivity contribution in [2.24, 2.45) is 23.7 Å². The van der Waals surface area contributed by atoms with Gasteiger partial charge in [-0.15, -0.1) is 0 Å². The molecule has 16 heteroatoms. The molecule has 0 fully saturated rings. The summed E-state index contributed by atoms with van der Waals surface area (Å²) in [5, 5.41) is 68.5. The van der Waals surface area contributed by atoms with E-state index in [1.807, 2.05) is 24.8 Å². The lowest BCUT2D eigenvalue weighted by atomic mass is 9.87. The van der Waals surface area contributed by atoms with Crippen LogP contribution < -0.4 is 0 Å². The predicted molar refractivity (Wildman–Crippen MR) is 199 cm³/mol. The lowest BCUT2D eigenvalue weighted by molar-refractivity contribution is -0.177. The maximum atomic E-state index is 13.1. The van der Waals surface area contributed by atoms with E-state index >= 15 is 0 Å². The van der Waals surface area contributed by atoms with Gasteiger partial charge in [-0.1, -0.05) is 65.4 Å². The maximum Gasteiger partial charge on any atom is 0.307 e. The van der Waals surface area contributed by atoms with Crippen molar-refractivity contribution in [3.05, 3.63) is 24.1 Å². The molecule has 0 saturated heterocycles. The summed E-state index contributed by atoms with van der Waals surface area (Å²) in [5.41, 5.74) is 0. The molecular formula is C39H63NO15. The van der Waals surface area contributed by atoms with E-state index in [1.165, 1.54) is 0 Å². The minimum Gasteiger partial charge on any atom is -0.506 e. The van der Waals surface area contributed by atoms with Crippen LogP contribution in [-0.4, -0.2) is 113 Å². The Morgan fingerprint density at radius 2 is 1.27 bits per heavy atom. The number of hydrogen-bond acceptors (Lipinski definition) is 12. The average molecular weight is 786 g/mol. The minimum absolute atomic E-state index is 0.0568. The molecule has 1 heterocycles. The molecule has 0 aromatic carbocycles. The third kappa shape index (κ3) is 20.4. The highest BCUT2D eigenvalue weighted by atomic mass is 16.6. The summed E-state index contributed by atoms with van der Waals surface area (Å²) in [4.78, 5) is 73.9. The van der Waals surface area contributed by atoms with E-state index in [2.05, 4.69) is 0 Å². The maximum absolute atomic E-state index is 13.1. The van der Waals surface area contributed by atoms with Crippen molar-refractivity contribution in [3.63, 3.8) is 0 Å². The van der Waals surface area contributed by atoms with E-state index in [0.29, 0.717) is 38.6 Å². The summed E-state index contributed by atoms with van der Waals surface area (Å²) in [6.45, 7) is 7.99. The molecule has 9 unspecified atom stereocenters. The number of rotatable bonds is 30. The van der Waals surface area contributed by atoms with Crippen molar-refractivity contribution in [1.82, 2.24) is 4.90 Å². The normalized spacial score (nSPS) is 17.7. The molecule has 7 N–H and O–H groups in total. The van der Waals surface area contributed by atoms with Crippen molar-refractivity contribution in [2.45, 2.75) is 154 Å². The first-order valence-electron chi connectivity index (χ1n) is 19.3. The molecule has 0 amide bonds. The van der Waals surface area contributed by atoms with Gasteiger partial charge in [0.25, 0.3) is 0 Å². The SMILES string of the molecule is CCCCC(C)C(OC(=O)CC(CC(=O)O)C(=O)O)C(CC(C)CC(O)CCCCCCC(O)C(C)N1C=C(O)C=CC1)OC(=O)CC(CC(=O)O)C(=O)O. The Balaban J connectivity index is 2.99. The Morgan fingerprint density at radius 1 is 0.727 bits per heavy atom. The van der Waals surface area contributed by atoms with Crippen LogP contribution in [0.5, 0.6) is 0 Å². The molecular weight excluding hydrogens is 722 g/mol. The van der Waals surface area contributed by atoms with Gasteiger partial charge in [-0.25, -0.2) is 0 Å². The van der Waals surface area contributed by atoms with Gasteiger partial charge in [0, 0.05) is 12.7 Å². The molecule has 0 aliphatic carbocycles. The van der Waals surface area contributed by atoms with Crippen LogP contribution in [-0.2, 0) is 38.2 Å². The van der Waals surface area contributed by atoms with E-state index in [0.717, 1.165) is 25.7 Å². The fraction of sp³-hybridized carbons (Fsp3) is 0.744. The van der Waals surface area contributed by atoms with Crippen molar-refractivity contribution in [1.29, 1.82) is 0 Å². The number of aliphatic hydroxyl groups is 3. The molecule has 314 valence electrons. The number of ether oxygens (including phenoxy) is 2. The van der Waals surface area contributed by atoms with Gasteiger partial charge < -0.3 is 50.1 Å². The second-order valence-electron chi connectivity index (χ2n) is 15.0. The number of carbonyl (C=O) groups is 6. The van der Waals surface area contributed by atoms with E-state index in [1.54, 1.807) is 26.1 Å². The quantitative estimate of drug-likeness (QED) is 0.0377. The highest BCUT2D eigenvalue weighted by Gasteiger charge is 2.37. The number of carbonyl (C=O) groups excluding carboxylic acids is 2. The van der Waals surface area contributed by atoms with Gasteiger partial charge in [0.05, 0.1) is 55.8 Å². The van der Waals surface area contributed by atoms with Gasteiger partial charge in [0.15, 0.2) is 0 Å². The number of carboxylic acids is 4. The van der Waals surface area contributed by atoms with Gasteiger partial charge in [0.1, 0.15) is 18.0 Å². The van der Waals surface area contributed by atoms with Crippen molar-refractivity contribution < 1.29 is 74.0 Å². The molecule has 16 nitrogen and oxygen atoms in total. The van der Waals surface area contributed by atoms with Gasteiger partial charge in [-0.05, 0) is 56.9 Å². The fourth-order valence-corrected chi connectivity index (χ4v) is 6.70. The molecule has 1 aliphatic heterocycles. The lowest BCUT2D eigenvalue weighted by Gasteiger charge is -2.33. The predicted octanol–water partition coefficient (Wildman–Crippen LogP) is 4.91. The zero-order valence-electron chi connectivity index (χ0n) is 32.6. The molecule has 0 aromatic rings. The van der Waals surface area contributed by atoms with E-state index in [-0.39, 0.29) is 30.6 Å². The highest BCUT2D eigenvalue weighted by Crippen LogP contribution is 2.29. The van der Waals surface area contributed by atoms with Crippen molar-refractivity contribution in [3.8, 4) is 0 Å². The number of allylic oxidation sites excluding steroid dienone is 1. The number of esters is 2. The number of nitrogens with zero attached hydrogens (tertiary/aromatic N) is 1. The second-order valence-corrected chi connectivity index (χ2v) is 15.0. The van der Waals surface area contributed by atoms with Gasteiger partial charge in [0.2, 0.25) is 0 Å². The summed E-state index contributed by atoms with van der Waals surface area (Å²) in [7, 11) is 0. The van der Waals surface area contributed by atoms with Crippen LogP contribution in [0.2, 0.25) is 0 Å². The molecule has 0 spiro atoms. The molecule has 0 radical (unpaired) electrons. The minimum atomic E-state index is -1.58. The van der Waals surface area contributed by atoms with Crippen LogP contribution in [0.4, 0.5) is 0 Å². The van der Waals surface area contributed by atoms with E-state index in [4.69, 9.17) is 19.7 Å². The topological polar surface area (TPSA) is 266 Å². The largest absolute Gasteiger partial charge is 0.506 e. The van der Waals surface area contributed by atoms with E-state index < -0.39 is 104 Å². The molecule has 0 aromatic heterocycles. The van der Waals surface area contributed by atoms with Crippen LogP contribution >= 0.6 is 0 Å². The third-order valence-corrected chi connectivity index (χ3v) is 9.94. The summed E-state index contributed by atoms with van der Waals surface area (Å²) in [5.74, 6) is -11.7. The highest BCUT2D eigenvalue weighted by molar-refractivity contribution is 5.83. The van der Waals surface area contributed by atoms with Crippen LogP contribution in [0.15, 0.2) is 24.1 Å². The Hall–Kier alpha value is -4.18. The standard InChI is InChI=1S/C39H63NO15/c1-5-6-12-25(3)37(55-36(49)22-28(39(52)53)20-34(46)47)32(54-35(48)21-27(38(50)51)19-33(44)45)18-24(2)17-29(41)13-9-7-8-10-15-31(43)26(4)40-16-11-14-30(42)23-40/h11,14,23-29,31-32,37,41-43H,5-10,12-13,15-22H2,1-4H3,(H,44,45)(H,46,47)(H,50,51)(H,52,53). The number of aliphatic carboxylic acids is 4. The summed E-state index contributed by atoms with van der Waals surface area (Å²) >= 11 is 0. The van der Waals surface area contributed by atoms with Gasteiger partial charge >= 0.3 is 35.8 Å². The zero-order chi connectivity index (χ0) is 41.7. The second kappa shape index (κ2) is 25.8. The summed E-state index contributed by atoms with van der Waals surface area (Å²) in [6, 6.07) is -0.168. The number of aliphatic hydroxyl groups excluding tert-OH is 3. The molecule has 0 bridgehead atoms. The van der Waals surface area contributed by atoms with Crippen LogP contribution in [0, 0.1) is 23.7 Å². The zero-order valence-corrected chi connectivity index (χ0v) is 32.6. The Kier molecular flexibility index (Phi) is 22.9. The first-order chi connectivity index (χ1) is 25.8. The molecule has 1 aliphatic rings. The van der Waals surface area contributed by atoms with Crippen molar-refractivity contribution >= 4 is 35.8 Å². The Morgan fingerprint density at radius 3 is 1.78 bits per heavy atom. The summed E-state index contributed by atoms with van der Waals surface area (Å²) < 4.78 is 11.5. The first kappa shape index (κ1) is 48.8. The smallest absolute Gasteiger partial charge is 0.307 e. The number of hydrogen-bond donors (Lipinski definition) is 7. The molecule has 0 saturated carbocycles. The Bertz CT molecular complexity index is 1300. The van der Waals surface area contributed by atoms with Crippen LogP contribution in [0.1, 0.15) is 124 Å². The molecule has 1 rings (SSSR count). The van der Waals surface area contributed by atoms with E-state index in [9.17, 15) is 54.3 Å². The third-order valence-electron chi connectivity index (χ3n) is 9.94. The summed E-state index contributed by atoms with van der Waals surface area (Å²) in [6.07, 6.45) is 4.71. The van der Waals surface area contributed by atoms with Gasteiger partial charge in [-0.2, -0.15) is 0 Å². The number of unbranched alkanes of at least 4 members (excludes halogenated alkanes) is 4. The Labute approximate surface area is 323 Å². The first-order valence-corrected chi connectivity index (χ1v) is 19.3. The van der Waals surface area contributed by atoms with Crippen LogP contribution in [0.25, 0.3) is 0 Å². The molecule has 55 heavy (non-hydrogen) atoms. The van der Waals surface area contributed by atoms with Crippen LogP contribution in [0.3, 0.4) is 0 Å². The van der Waals surface area contributed by atoms with Crippen molar-refractivity contribution in [2.75, 3.05) is 6.54 Å².